The first-order valence-electron chi connectivity index (χ1n) is 14.9. The fraction of sp³-hybridized carbons (Fsp3) is 0.485. The van der Waals surface area contributed by atoms with Crippen LogP contribution in [-0.4, -0.2) is 60.7 Å². The molecule has 2 unspecified atom stereocenters. The average Bonchev–Trinajstić information content (AvgIpc) is 3.34. The number of carboxylic acids is 1. The Balaban J connectivity index is 1.75. The summed E-state index contributed by atoms with van der Waals surface area (Å²) in [7, 11) is -3.18. The van der Waals surface area contributed by atoms with Crippen LogP contribution in [-0.2, 0) is 33.8 Å². The Hall–Kier alpha value is -2.77. The summed E-state index contributed by atoms with van der Waals surface area (Å²) in [5.74, 6) is -1.59. The Labute approximate surface area is 268 Å². The minimum atomic E-state index is -4.81. The van der Waals surface area contributed by atoms with Crippen molar-refractivity contribution in [1.29, 1.82) is 0 Å². The first-order valence-corrected chi connectivity index (χ1v) is 17.2. The van der Waals surface area contributed by atoms with E-state index in [9.17, 15) is 36.6 Å². The molecule has 2 atom stereocenters. The third-order valence-corrected chi connectivity index (χ3v) is 11.0. The van der Waals surface area contributed by atoms with Crippen LogP contribution < -0.4 is 5.32 Å². The number of thiophene rings is 1. The summed E-state index contributed by atoms with van der Waals surface area (Å²) in [4.78, 5) is 12.1. The summed E-state index contributed by atoms with van der Waals surface area (Å²) in [6.07, 6.45) is -2.66. The Bertz CT molecular complexity index is 1540. The van der Waals surface area contributed by atoms with Crippen molar-refractivity contribution < 1.29 is 36.6 Å². The van der Waals surface area contributed by atoms with E-state index in [-0.39, 0.29) is 30.6 Å². The number of β-amino-alcohol motifs (C(OH)–C–C–N with tert-alkyl or cyclic N) is 1. The van der Waals surface area contributed by atoms with E-state index in [0.29, 0.717) is 27.8 Å². The molecule has 1 heterocycles. The van der Waals surface area contributed by atoms with Gasteiger partial charge in [0.15, 0.2) is 0 Å². The third-order valence-electron chi connectivity index (χ3n) is 7.86. The topological polar surface area (TPSA) is 107 Å². The van der Waals surface area contributed by atoms with Gasteiger partial charge in [-0.25, -0.2) is 8.42 Å². The second kappa shape index (κ2) is 15.2. The van der Waals surface area contributed by atoms with E-state index in [1.807, 2.05) is 32.0 Å². The van der Waals surface area contributed by atoms with Crippen LogP contribution >= 0.6 is 11.3 Å². The van der Waals surface area contributed by atoms with Crippen LogP contribution in [0.3, 0.4) is 0 Å². The van der Waals surface area contributed by atoms with Gasteiger partial charge in [-0.1, -0.05) is 37.3 Å². The highest BCUT2D eigenvalue weighted by Gasteiger charge is 2.34. The number of likely N-dealkylation sites (N-methyl/N-ethyl adjacent to an activating group) is 1. The number of rotatable bonds is 16. The summed E-state index contributed by atoms with van der Waals surface area (Å²) in [6.45, 7) is 7.22. The van der Waals surface area contributed by atoms with Crippen LogP contribution in [0.2, 0.25) is 0 Å². The predicted molar refractivity (Wildman–Crippen MR) is 172 cm³/mol. The van der Waals surface area contributed by atoms with E-state index in [1.165, 1.54) is 18.7 Å². The highest BCUT2D eigenvalue weighted by atomic mass is 32.2. The van der Waals surface area contributed by atoms with Crippen molar-refractivity contribution in [2.24, 2.45) is 5.92 Å². The van der Waals surface area contributed by atoms with Gasteiger partial charge in [0.25, 0.3) is 0 Å². The van der Waals surface area contributed by atoms with E-state index in [4.69, 9.17) is 0 Å². The number of nitrogens with one attached hydrogen (secondary N) is 1. The van der Waals surface area contributed by atoms with Crippen molar-refractivity contribution in [3.05, 3.63) is 76.2 Å². The quantitative estimate of drug-likeness (QED) is 0.156. The van der Waals surface area contributed by atoms with Crippen LogP contribution in [0.5, 0.6) is 0 Å². The molecule has 12 heteroatoms. The van der Waals surface area contributed by atoms with Gasteiger partial charge in [-0.05, 0) is 93.8 Å². The molecule has 3 N–H and O–H groups in total. The zero-order chi connectivity index (χ0) is 33.6. The second-order valence-electron chi connectivity index (χ2n) is 12.2. The van der Waals surface area contributed by atoms with E-state index >= 15 is 0 Å². The summed E-state index contributed by atoms with van der Waals surface area (Å²) < 4.78 is 69.8. The van der Waals surface area contributed by atoms with Crippen molar-refractivity contribution in [2.75, 3.05) is 20.1 Å². The number of aryl methyl sites for hydroxylation is 2. The number of aliphatic carboxylic acids is 1. The van der Waals surface area contributed by atoms with Crippen molar-refractivity contribution in [3.8, 4) is 10.4 Å². The van der Waals surface area contributed by atoms with E-state index in [2.05, 4.69) is 17.4 Å². The van der Waals surface area contributed by atoms with Crippen molar-refractivity contribution in [3.63, 3.8) is 0 Å². The van der Waals surface area contributed by atoms with Gasteiger partial charge in [0, 0.05) is 35.4 Å². The highest BCUT2D eigenvalue weighted by molar-refractivity contribution is 7.89. The number of hydrogen-bond acceptors (Lipinski definition) is 6. The van der Waals surface area contributed by atoms with Crippen molar-refractivity contribution in [1.82, 2.24) is 9.62 Å². The molecule has 0 aliphatic rings. The number of alkyl halides is 3. The van der Waals surface area contributed by atoms with E-state index < -0.39 is 44.6 Å². The van der Waals surface area contributed by atoms with Crippen LogP contribution in [0.25, 0.3) is 10.4 Å². The van der Waals surface area contributed by atoms with Gasteiger partial charge in [0.2, 0.25) is 10.0 Å². The molecule has 0 fully saturated rings. The lowest BCUT2D eigenvalue weighted by atomic mass is 9.95. The van der Waals surface area contributed by atoms with Gasteiger partial charge in [-0.2, -0.15) is 17.5 Å². The molecule has 0 saturated carbocycles. The standard InChI is InChI=1S/C33H43F3N2O5S2/c1-6-24(31(40)41)17-28-15-22(2)30(44-28)25-16-26(33(34,35)36)19-29(18-25)45(42,43)38(5)21-27(39)20-37-32(3,4)14-10-13-23-11-8-7-9-12-23/h7-9,11-12,15-16,18-19,24,27,37,39H,6,10,13-14,17,20-21H2,1-5H3,(H,40,41). The molecule has 2 aromatic carbocycles. The third kappa shape index (κ3) is 10.4. The highest BCUT2D eigenvalue weighted by Crippen LogP contribution is 2.39. The SMILES string of the molecule is CCC(Cc1cc(C)c(-c2cc(C(F)(F)F)cc(S(=O)(=O)N(C)CC(O)CNC(C)(C)CCCc3ccccc3)c2)s1)C(=O)O. The molecule has 3 rings (SSSR count). The number of hydrogen-bond donors (Lipinski definition) is 3. The van der Waals surface area contributed by atoms with Crippen LogP contribution in [0.4, 0.5) is 13.2 Å². The summed E-state index contributed by atoms with van der Waals surface area (Å²) in [6, 6.07) is 14.5. The molecule has 45 heavy (non-hydrogen) atoms. The maximum atomic E-state index is 14.0. The number of benzene rings is 2. The van der Waals surface area contributed by atoms with Crippen LogP contribution in [0, 0.1) is 12.8 Å². The predicted octanol–water partition coefficient (Wildman–Crippen LogP) is 6.77. The largest absolute Gasteiger partial charge is 0.481 e. The molecule has 0 aliphatic heterocycles. The number of halogens is 3. The van der Waals surface area contributed by atoms with Crippen molar-refractivity contribution in [2.45, 2.75) is 82.5 Å². The molecule has 0 amide bonds. The lowest BCUT2D eigenvalue weighted by Crippen LogP contribution is -2.46. The molecule has 1 aromatic heterocycles. The minimum absolute atomic E-state index is 0.0772. The number of aliphatic hydroxyl groups excluding tert-OH is 1. The maximum Gasteiger partial charge on any atom is 0.416 e. The lowest BCUT2D eigenvalue weighted by Gasteiger charge is -2.29. The molecule has 248 valence electrons. The first-order chi connectivity index (χ1) is 20.9. The van der Waals surface area contributed by atoms with Gasteiger partial charge in [0.1, 0.15) is 0 Å². The summed E-state index contributed by atoms with van der Waals surface area (Å²) in [5, 5.41) is 23.4. The summed E-state index contributed by atoms with van der Waals surface area (Å²) in [5.41, 5.74) is 0.489. The maximum absolute atomic E-state index is 14.0. The molecule has 0 spiro atoms. The minimum Gasteiger partial charge on any atom is -0.481 e. The number of carboxylic acid groups (broad SMARTS) is 1. The number of nitrogens with zero attached hydrogens (tertiary/aromatic N) is 1. The first kappa shape index (κ1) is 36.7. The molecule has 0 bridgehead atoms. The van der Waals surface area contributed by atoms with Gasteiger partial charge in [0.05, 0.1) is 22.5 Å². The molecule has 0 aliphatic carbocycles. The van der Waals surface area contributed by atoms with E-state index in [0.717, 1.165) is 41.0 Å². The number of aliphatic hydroxyl groups is 1. The Morgan fingerprint density at radius 1 is 1.09 bits per heavy atom. The fourth-order valence-electron chi connectivity index (χ4n) is 5.13. The van der Waals surface area contributed by atoms with Gasteiger partial charge < -0.3 is 15.5 Å². The van der Waals surface area contributed by atoms with E-state index in [1.54, 1.807) is 19.9 Å². The fourth-order valence-corrected chi connectivity index (χ4v) is 7.65. The van der Waals surface area contributed by atoms with Gasteiger partial charge >= 0.3 is 12.1 Å². The Morgan fingerprint density at radius 3 is 2.36 bits per heavy atom. The Morgan fingerprint density at radius 2 is 1.76 bits per heavy atom. The lowest BCUT2D eigenvalue weighted by molar-refractivity contribution is -0.141. The molecule has 0 saturated heterocycles. The smallest absolute Gasteiger partial charge is 0.416 e. The molecule has 0 radical (unpaired) electrons. The summed E-state index contributed by atoms with van der Waals surface area (Å²) >= 11 is 1.16. The monoisotopic (exact) mass is 668 g/mol. The number of carbonyl (C=O) groups is 1. The molecule has 3 aromatic rings. The second-order valence-corrected chi connectivity index (χ2v) is 15.3. The average molecular weight is 669 g/mol. The van der Waals surface area contributed by atoms with Crippen LogP contribution in [0.15, 0.2) is 59.5 Å². The Kier molecular flexibility index (Phi) is 12.4. The van der Waals surface area contributed by atoms with Crippen molar-refractivity contribution >= 4 is 27.3 Å². The van der Waals surface area contributed by atoms with Gasteiger partial charge in [-0.3, -0.25) is 4.79 Å². The zero-order valence-electron chi connectivity index (χ0n) is 26.3. The molecular weight excluding hydrogens is 626 g/mol. The molecule has 7 nitrogen and oxygen atoms in total. The number of sulfonamides is 1. The van der Waals surface area contributed by atoms with Crippen LogP contribution in [0.1, 0.15) is 61.6 Å². The zero-order valence-corrected chi connectivity index (χ0v) is 28.0. The molecular formula is C33H43F3N2O5S2. The normalized spacial score (nSPS) is 14.1. The van der Waals surface area contributed by atoms with Gasteiger partial charge in [-0.15, -0.1) is 11.3 Å².